The molecule has 2 N–H and O–H groups in total. The Morgan fingerprint density at radius 1 is 1.65 bits per heavy atom. The SMILES string of the molecule is CCOC(=O)CCCN/N=C1/C=CC=NC1=N. The molecule has 0 aromatic rings. The predicted octanol–water partition coefficient (Wildman–Crippen LogP) is 0.893. The highest BCUT2D eigenvalue weighted by Crippen LogP contribution is 1.94. The Morgan fingerprint density at radius 3 is 3.18 bits per heavy atom. The number of dihydropyridines is 1. The number of nitrogens with one attached hydrogen (secondary N) is 2. The molecular weight excluding hydrogens is 220 g/mol. The lowest BCUT2D eigenvalue weighted by atomic mass is 10.3. The van der Waals surface area contributed by atoms with Crippen LogP contribution in [0.25, 0.3) is 0 Å². The van der Waals surface area contributed by atoms with E-state index in [1.807, 2.05) is 0 Å². The molecule has 0 amide bonds. The standard InChI is InChI=1S/C11H16N4O2/c1-2-17-10(16)6-4-8-14-15-9-5-3-7-13-11(9)12/h3,5,7,12,14H,2,4,6,8H2,1H3/b12-11?,15-9-. The number of amidine groups is 1. The fourth-order valence-electron chi connectivity index (χ4n) is 1.17. The van der Waals surface area contributed by atoms with E-state index in [1.165, 1.54) is 0 Å². The molecule has 0 radical (unpaired) electrons. The molecule has 0 aromatic heterocycles. The maximum absolute atomic E-state index is 11.0. The number of carbonyl (C=O) groups excluding carboxylic acids is 1. The number of hydrogen-bond donors (Lipinski definition) is 2. The maximum atomic E-state index is 11.0. The van der Waals surface area contributed by atoms with Gasteiger partial charge in [-0.1, -0.05) is 0 Å². The quantitative estimate of drug-likeness (QED) is 0.408. The summed E-state index contributed by atoms with van der Waals surface area (Å²) in [6.07, 6.45) is 5.99. The number of esters is 1. The summed E-state index contributed by atoms with van der Waals surface area (Å²) in [7, 11) is 0. The predicted molar refractivity (Wildman–Crippen MR) is 66.7 cm³/mol. The smallest absolute Gasteiger partial charge is 0.305 e. The summed E-state index contributed by atoms with van der Waals surface area (Å²) in [4.78, 5) is 14.8. The van der Waals surface area contributed by atoms with Crippen molar-refractivity contribution in [3.05, 3.63) is 12.2 Å². The molecule has 1 heterocycles. The topological polar surface area (TPSA) is 86.9 Å². The monoisotopic (exact) mass is 236 g/mol. The number of allylic oxidation sites excluding steroid dienone is 1. The van der Waals surface area contributed by atoms with Crippen molar-refractivity contribution in [2.75, 3.05) is 13.2 Å². The third kappa shape index (κ3) is 5.05. The lowest BCUT2D eigenvalue weighted by Crippen LogP contribution is -2.18. The minimum absolute atomic E-state index is 0.130. The van der Waals surface area contributed by atoms with Crippen LogP contribution in [-0.2, 0) is 9.53 Å². The molecule has 17 heavy (non-hydrogen) atoms. The van der Waals surface area contributed by atoms with E-state index in [1.54, 1.807) is 25.3 Å². The van der Waals surface area contributed by atoms with Gasteiger partial charge in [0.25, 0.3) is 0 Å². The molecule has 1 rings (SSSR count). The van der Waals surface area contributed by atoms with Crippen molar-refractivity contribution in [3.8, 4) is 0 Å². The second-order valence-corrected chi connectivity index (χ2v) is 3.30. The van der Waals surface area contributed by atoms with E-state index in [-0.39, 0.29) is 11.8 Å². The number of ether oxygens (including phenoxy) is 1. The molecule has 1 aliphatic heterocycles. The molecule has 0 unspecified atom stereocenters. The van der Waals surface area contributed by atoms with Crippen molar-refractivity contribution < 1.29 is 9.53 Å². The molecule has 0 aliphatic carbocycles. The Balaban J connectivity index is 2.17. The normalized spacial score (nSPS) is 16.3. The van der Waals surface area contributed by atoms with Crippen LogP contribution in [0, 0.1) is 5.41 Å². The Hall–Kier alpha value is -1.98. The van der Waals surface area contributed by atoms with Crippen molar-refractivity contribution in [2.24, 2.45) is 10.1 Å². The average molecular weight is 236 g/mol. The summed E-state index contributed by atoms with van der Waals surface area (Å²) in [5.74, 6) is -0.0674. The van der Waals surface area contributed by atoms with E-state index in [9.17, 15) is 4.79 Å². The summed E-state index contributed by atoms with van der Waals surface area (Å²) >= 11 is 0. The van der Waals surface area contributed by atoms with Crippen molar-refractivity contribution in [1.29, 1.82) is 5.41 Å². The second kappa shape index (κ2) is 7.32. The molecule has 0 saturated carbocycles. The van der Waals surface area contributed by atoms with E-state index in [4.69, 9.17) is 10.1 Å². The van der Waals surface area contributed by atoms with Gasteiger partial charge in [0.05, 0.1) is 6.61 Å². The van der Waals surface area contributed by atoms with E-state index in [0.29, 0.717) is 31.7 Å². The molecule has 6 heteroatoms. The fraction of sp³-hybridized carbons (Fsp3) is 0.455. The summed E-state index contributed by atoms with van der Waals surface area (Å²) in [5.41, 5.74) is 3.29. The largest absolute Gasteiger partial charge is 0.466 e. The number of hydrazone groups is 1. The minimum atomic E-state index is -0.197. The minimum Gasteiger partial charge on any atom is -0.466 e. The van der Waals surface area contributed by atoms with Crippen LogP contribution in [0.5, 0.6) is 0 Å². The first-order chi connectivity index (χ1) is 8.24. The number of hydrogen-bond acceptors (Lipinski definition) is 5. The van der Waals surface area contributed by atoms with Gasteiger partial charge in [-0.2, -0.15) is 5.10 Å². The first-order valence-electron chi connectivity index (χ1n) is 5.50. The molecule has 0 saturated heterocycles. The number of carbonyl (C=O) groups is 1. The molecule has 0 spiro atoms. The third-order valence-corrected chi connectivity index (χ3v) is 1.96. The molecule has 0 fully saturated rings. The lowest BCUT2D eigenvalue weighted by Gasteiger charge is -2.04. The Morgan fingerprint density at radius 2 is 2.47 bits per heavy atom. The van der Waals surface area contributed by atoms with Crippen LogP contribution in [0.4, 0.5) is 0 Å². The molecule has 0 aromatic carbocycles. The van der Waals surface area contributed by atoms with E-state index in [0.717, 1.165) is 0 Å². The van der Waals surface area contributed by atoms with Crippen LogP contribution < -0.4 is 5.43 Å². The van der Waals surface area contributed by atoms with Gasteiger partial charge in [-0.05, 0) is 25.5 Å². The number of aliphatic imine (C=N–C) groups is 1. The lowest BCUT2D eigenvalue weighted by molar-refractivity contribution is -0.143. The molecule has 6 nitrogen and oxygen atoms in total. The third-order valence-electron chi connectivity index (χ3n) is 1.96. The Kier molecular flexibility index (Phi) is 5.63. The summed E-state index contributed by atoms with van der Waals surface area (Å²) in [5, 5.41) is 11.5. The summed E-state index contributed by atoms with van der Waals surface area (Å²) < 4.78 is 4.79. The Labute approximate surface area is 100.0 Å². The van der Waals surface area contributed by atoms with E-state index in [2.05, 4.69) is 15.5 Å². The van der Waals surface area contributed by atoms with Crippen molar-refractivity contribution in [1.82, 2.24) is 5.43 Å². The highest BCUT2D eigenvalue weighted by molar-refractivity contribution is 6.47. The first kappa shape index (κ1) is 13.1. The summed E-state index contributed by atoms with van der Waals surface area (Å²) in [6.45, 7) is 2.76. The van der Waals surface area contributed by atoms with Gasteiger partial charge in [0.15, 0.2) is 5.84 Å². The van der Waals surface area contributed by atoms with Crippen LogP contribution in [-0.4, -0.2) is 36.9 Å². The summed E-state index contributed by atoms with van der Waals surface area (Å²) in [6, 6.07) is 0. The van der Waals surface area contributed by atoms with Gasteiger partial charge < -0.3 is 10.2 Å². The van der Waals surface area contributed by atoms with Gasteiger partial charge in [-0.15, -0.1) is 0 Å². The van der Waals surface area contributed by atoms with Crippen LogP contribution in [0.15, 0.2) is 22.2 Å². The highest BCUT2D eigenvalue weighted by Gasteiger charge is 2.04. The van der Waals surface area contributed by atoms with Gasteiger partial charge in [0.1, 0.15) is 5.71 Å². The fourth-order valence-corrected chi connectivity index (χ4v) is 1.17. The molecule has 1 aliphatic rings. The Bertz CT molecular complexity index is 372. The average Bonchev–Trinajstić information content (AvgIpc) is 2.31. The van der Waals surface area contributed by atoms with E-state index >= 15 is 0 Å². The van der Waals surface area contributed by atoms with Crippen molar-refractivity contribution in [3.63, 3.8) is 0 Å². The van der Waals surface area contributed by atoms with Crippen LogP contribution in [0.1, 0.15) is 19.8 Å². The van der Waals surface area contributed by atoms with Gasteiger partial charge in [-0.25, -0.2) is 4.99 Å². The van der Waals surface area contributed by atoms with Crippen LogP contribution in [0.3, 0.4) is 0 Å². The zero-order valence-electron chi connectivity index (χ0n) is 9.77. The molecule has 92 valence electrons. The van der Waals surface area contributed by atoms with Crippen molar-refractivity contribution >= 4 is 23.7 Å². The van der Waals surface area contributed by atoms with Crippen LogP contribution >= 0.6 is 0 Å². The number of nitrogens with zero attached hydrogens (tertiary/aromatic N) is 2. The van der Waals surface area contributed by atoms with E-state index < -0.39 is 0 Å². The zero-order chi connectivity index (χ0) is 12.5. The molecule has 0 atom stereocenters. The molecular formula is C11H16N4O2. The zero-order valence-corrected chi connectivity index (χ0v) is 9.77. The van der Waals surface area contributed by atoms with Crippen LogP contribution in [0.2, 0.25) is 0 Å². The van der Waals surface area contributed by atoms with Crippen molar-refractivity contribution in [2.45, 2.75) is 19.8 Å². The molecule has 0 bridgehead atoms. The maximum Gasteiger partial charge on any atom is 0.305 e. The highest BCUT2D eigenvalue weighted by atomic mass is 16.5. The van der Waals surface area contributed by atoms with Gasteiger partial charge in [-0.3, -0.25) is 10.2 Å². The van der Waals surface area contributed by atoms with Gasteiger partial charge >= 0.3 is 5.97 Å². The first-order valence-corrected chi connectivity index (χ1v) is 5.50. The second-order valence-electron chi connectivity index (χ2n) is 3.30. The number of rotatable bonds is 6. The van der Waals surface area contributed by atoms with Gasteiger partial charge in [0, 0.05) is 19.2 Å². The van der Waals surface area contributed by atoms with Gasteiger partial charge in [0.2, 0.25) is 0 Å².